The minimum Gasteiger partial charge on any atom is -0.356 e. The molecule has 5 nitrogen and oxygen atoms in total. The molecule has 6 heteroatoms. The lowest BCUT2D eigenvalue weighted by molar-refractivity contribution is -0.126. The third kappa shape index (κ3) is 4.30. The number of amides is 2. The molecule has 1 aliphatic rings. The highest BCUT2D eigenvalue weighted by molar-refractivity contribution is 6.06. The van der Waals surface area contributed by atoms with E-state index < -0.39 is 0 Å². The van der Waals surface area contributed by atoms with Crippen LogP contribution in [0, 0.1) is 5.92 Å². The van der Waals surface area contributed by atoms with Crippen molar-refractivity contribution in [2.45, 2.75) is 12.8 Å². The topological polar surface area (TPSA) is 61.4 Å². The van der Waals surface area contributed by atoms with Gasteiger partial charge in [-0.1, -0.05) is 36.4 Å². The van der Waals surface area contributed by atoms with Gasteiger partial charge in [-0.05, 0) is 31.5 Å². The zero-order valence-electron chi connectivity index (χ0n) is 14.3. The van der Waals surface area contributed by atoms with Crippen LogP contribution < -0.4 is 15.5 Å². The first-order valence-electron chi connectivity index (χ1n) is 8.41. The third-order valence-electron chi connectivity index (χ3n) is 4.46. The average Bonchev–Trinajstić information content (AvgIpc) is 3.00. The summed E-state index contributed by atoms with van der Waals surface area (Å²) in [4.78, 5) is 26.5. The molecule has 134 valence electrons. The summed E-state index contributed by atoms with van der Waals surface area (Å²) in [5, 5.41) is 8.13. The number of fused-ring (bicyclic) bond motifs is 1. The zero-order chi connectivity index (χ0) is 16.9. The van der Waals surface area contributed by atoms with Gasteiger partial charge in [0.2, 0.25) is 11.8 Å². The maximum Gasteiger partial charge on any atom is 0.227 e. The van der Waals surface area contributed by atoms with Crippen LogP contribution in [0.4, 0.5) is 5.69 Å². The monoisotopic (exact) mass is 361 g/mol. The van der Waals surface area contributed by atoms with E-state index in [1.165, 1.54) is 0 Å². The third-order valence-corrected chi connectivity index (χ3v) is 4.46. The highest BCUT2D eigenvalue weighted by atomic mass is 35.5. The van der Waals surface area contributed by atoms with Gasteiger partial charge in [0.15, 0.2) is 0 Å². The van der Waals surface area contributed by atoms with Gasteiger partial charge in [-0.25, -0.2) is 0 Å². The highest BCUT2D eigenvalue weighted by Gasteiger charge is 2.35. The number of nitrogens with one attached hydrogen (secondary N) is 2. The van der Waals surface area contributed by atoms with Crippen molar-refractivity contribution < 1.29 is 9.59 Å². The van der Waals surface area contributed by atoms with E-state index in [0.717, 1.165) is 29.4 Å². The maximum atomic E-state index is 12.4. The second-order valence-electron chi connectivity index (χ2n) is 6.15. The lowest BCUT2D eigenvalue weighted by Gasteiger charge is -2.19. The quantitative estimate of drug-likeness (QED) is 0.776. The van der Waals surface area contributed by atoms with Crippen LogP contribution in [-0.4, -0.2) is 38.5 Å². The van der Waals surface area contributed by atoms with E-state index in [9.17, 15) is 9.59 Å². The number of nitrogens with zero attached hydrogens (tertiary/aromatic N) is 1. The molecule has 0 aliphatic carbocycles. The summed E-state index contributed by atoms with van der Waals surface area (Å²) in [5.41, 5.74) is 0.892. The van der Waals surface area contributed by atoms with E-state index in [0.29, 0.717) is 13.1 Å². The van der Waals surface area contributed by atoms with Crippen molar-refractivity contribution in [1.29, 1.82) is 0 Å². The molecular formula is C19H24ClN3O2. The number of carbonyl (C=O) groups is 2. The SMILES string of the molecule is CNCCCNC(=O)C1CC(=O)N(c2cccc3ccccc23)C1.Cl. The van der Waals surface area contributed by atoms with E-state index in [2.05, 4.69) is 10.6 Å². The Morgan fingerprint density at radius 1 is 1.16 bits per heavy atom. The van der Waals surface area contributed by atoms with Gasteiger partial charge in [0.1, 0.15) is 0 Å². The number of hydrogen-bond acceptors (Lipinski definition) is 3. The number of halogens is 1. The van der Waals surface area contributed by atoms with Crippen LogP contribution in [0.1, 0.15) is 12.8 Å². The molecule has 0 radical (unpaired) electrons. The molecule has 2 amide bonds. The zero-order valence-corrected chi connectivity index (χ0v) is 15.1. The Morgan fingerprint density at radius 2 is 1.92 bits per heavy atom. The van der Waals surface area contributed by atoms with Gasteiger partial charge in [0, 0.05) is 24.9 Å². The molecule has 2 aromatic carbocycles. The molecule has 2 N–H and O–H groups in total. The number of carbonyl (C=O) groups excluding carboxylic acids is 2. The Hall–Kier alpha value is -2.11. The summed E-state index contributed by atoms with van der Waals surface area (Å²) in [5.74, 6) is -0.282. The molecule has 0 aromatic heterocycles. The summed E-state index contributed by atoms with van der Waals surface area (Å²) in [6.07, 6.45) is 1.16. The predicted molar refractivity (Wildman–Crippen MR) is 103 cm³/mol. The molecule has 1 aliphatic heterocycles. The van der Waals surface area contributed by atoms with Gasteiger partial charge >= 0.3 is 0 Å². The van der Waals surface area contributed by atoms with Crippen molar-refractivity contribution in [2.75, 3.05) is 31.6 Å². The smallest absolute Gasteiger partial charge is 0.227 e. The summed E-state index contributed by atoms with van der Waals surface area (Å²) in [6, 6.07) is 13.9. The summed E-state index contributed by atoms with van der Waals surface area (Å²) < 4.78 is 0. The Kier molecular flexibility index (Phi) is 6.79. The largest absolute Gasteiger partial charge is 0.356 e. The van der Waals surface area contributed by atoms with Gasteiger partial charge in [-0.3, -0.25) is 9.59 Å². The first-order chi connectivity index (χ1) is 11.7. The van der Waals surface area contributed by atoms with Crippen molar-refractivity contribution in [1.82, 2.24) is 10.6 Å². The molecule has 0 saturated carbocycles. The van der Waals surface area contributed by atoms with Gasteiger partial charge in [0.25, 0.3) is 0 Å². The van der Waals surface area contributed by atoms with Crippen molar-refractivity contribution >= 4 is 40.7 Å². The number of hydrogen-bond donors (Lipinski definition) is 2. The fourth-order valence-corrected chi connectivity index (χ4v) is 3.18. The average molecular weight is 362 g/mol. The van der Waals surface area contributed by atoms with Gasteiger partial charge in [0.05, 0.1) is 11.6 Å². The van der Waals surface area contributed by atoms with Crippen LogP contribution in [0.3, 0.4) is 0 Å². The number of benzene rings is 2. The number of rotatable bonds is 6. The molecule has 25 heavy (non-hydrogen) atoms. The fraction of sp³-hybridized carbons (Fsp3) is 0.368. The van der Waals surface area contributed by atoms with Crippen molar-refractivity contribution in [2.24, 2.45) is 5.92 Å². The molecule has 1 atom stereocenters. The van der Waals surface area contributed by atoms with Crippen LogP contribution in [-0.2, 0) is 9.59 Å². The van der Waals surface area contributed by atoms with Crippen LogP contribution in [0.15, 0.2) is 42.5 Å². The molecule has 0 spiro atoms. The van der Waals surface area contributed by atoms with Crippen molar-refractivity contribution in [3.63, 3.8) is 0 Å². The highest BCUT2D eigenvalue weighted by Crippen LogP contribution is 2.31. The molecule has 1 unspecified atom stereocenters. The molecular weight excluding hydrogens is 338 g/mol. The fourth-order valence-electron chi connectivity index (χ4n) is 3.18. The molecule has 1 saturated heterocycles. The normalized spacial score (nSPS) is 16.8. The van der Waals surface area contributed by atoms with Gasteiger partial charge in [-0.2, -0.15) is 0 Å². The lowest BCUT2D eigenvalue weighted by atomic mass is 10.1. The van der Waals surface area contributed by atoms with E-state index in [-0.39, 0.29) is 36.6 Å². The molecule has 2 aromatic rings. The minimum atomic E-state index is -0.272. The van der Waals surface area contributed by atoms with E-state index in [1.54, 1.807) is 4.90 Å². The number of anilines is 1. The van der Waals surface area contributed by atoms with Crippen molar-refractivity contribution in [3.8, 4) is 0 Å². The second kappa shape index (κ2) is 8.83. The lowest BCUT2D eigenvalue weighted by Crippen LogP contribution is -2.34. The standard InChI is InChI=1S/C19H23N3O2.ClH/c1-20-10-5-11-21-19(24)15-12-18(23)22(13-15)17-9-4-7-14-6-2-3-8-16(14)17;/h2-4,6-9,15,20H,5,10-13H2,1H3,(H,21,24);1H. The molecule has 3 rings (SSSR count). The van der Waals surface area contributed by atoms with Crippen LogP contribution >= 0.6 is 12.4 Å². The van der Waals surface area contributed by atoms with E-state index >= 15 is 0 Å². The molecule has 1 heterocycles. The Morgan fingerprint density at radius 3 is 2.72 bits per heavy atom. The van der Waals surface area contributed by atoms with E-state index in [4.69, 9.17) is 0 Å². The Balaban J connectivity index is 0.00000225. The van der Waals surface area contributed by atoms with Crippen LogP contribution in [0.2, 0.25) is 0 Å². The second-order valence-corrected chi connectivity index (χ2v) is 6.15. The summed E-state index contributed by atoms with van der Waals surface area (Å²) in [7, 11) is 1.89. The van der Waals surface area contributed by atoms with Crippen LogP contribution in [0.25, 0.3) is 10.8 Å². The molecule has 0 bridgehead atoms. The summed E-state index contributed by atoms with van der Waals surface area (Å²) in [6.45, 7) is 1.95. The Bertz CT molecular complexity index is 745. The Labute approximate surface area is 154 Å². The van der Waals surface area contributed by atoms with Gasteiger partial charge < -0.3 is 15.5 Å². The first kappa shape index (κ1) is 19.2. The molecule has 1 fully saturated rings. The van der Waals surface area contributed by atoms with E-state index in [1.807, 2.05) is 49.5 Å². The van der Waals surface area contributed by atoms with Crippen LogP contribution in [0.5, 0.6) is 0 Å². The summed E-state index contributed by atoms with van der Waals surface area (Å²) >= 11 is 0. The van der Waals surface area contributed by atoms with Crippen molar-refractivity contribution in [3.05, 3.63) is 42.5 Å². The first-order valence-corrected chi connectivity index (χ1v) is 8.41. The maximum absolute atomic E-state index is 12.4. The van der Waals surface area contributed by atoms with Gasteiger partial charge in [-0.15, -0.1) is 12.4 Å². The minimum absolute atomic E-state index is 0. The predicted octanol–water partition coefficient (Wildman–Crippen LogP) is 2.34.